The minimum Gasteiger partial charge on any atom is -0.410 e. The van der Waals surface area contributed by atoms with Crippen molar-refractivity contribution in [1.82, 2.24) is 0 Å². The fourth-order valence-corrected chi connectivity index (χ4v) is 2.06. The lowest BCUT2D eigenvalue weighted by molar-refractivity contribution is 0.110. The van der Waals surface area contributed by atoms with Gasteiger partial charge in [0.1, 0.15) is 0 Å². The highest BCUT2D eigenvalue weighted by atomic mass is 35.5. The van der Waals surface area contributed by atoms with Gasteiger partial charge in [-0.3, -0.25) is 0 Å². The summed E-state index contributed by atoms with van der Waals surface area (Å²) in [5.74, 6) is -0.0210. The average molecular weight is 260 g/mol. The molecule has 2 rings (SSSR count). The second-order valence-electron chi connectivity index (χ2n) is 3.73. The topological polar surface area (TPSA) is 41.8 Å². The molecular formula is C11H11Cl2NO2. The van der Waals surface area contributed by atoms with Crippen LogP contribution in [-0.2, 0) is 4.74 Å². The van der Waals surface area contributed by atoms with Gasteiger partial charge in [-0.1, -0.05) is 40.5 Å². The Balaban J connectivity index is 2.06. The largest absolute Gasteiger partial charge is 0.410 e. The van der Waals surface area contributed by atoms with E-state index in [-0.39, 0.29) is 17.2 Å². The molecule has 5 heteroatoms. The van der Waals surface area contributed by atoms with Crippen LogP contribution in [0.25, 0.3) is 0 Å². The number of hydrogen-bond donors (Lipinski definition) is 1. The van der Waals surface area contributed by atoms with E-state index in [4.69, 9.17) is 33.1 Å². The van der Waals surface area contributed by atoms with E-state index in [1.54, 1.807) is 0 Å². The maximum Gasteiger partial charge on any atom is 0.150 e. The Bertz CT molecular complexity index is 391. The normalized spacial score (nSPS) is 26.0. The third-order valence-corrected chi connectivity index (χ3v) is 3.31. The smallest absolute Gasteiger partial charge is 0.150 e. The zero-order valence-electron chi connectivity index (χ0n) is 8.44. The molecular weight excluding hydrogens is 249 g/mol. The van der Waals surface area contributed by atoms with Crippen molar-refractivity contribution in [3.63, 3.8) is 0 Å². The molecule has 0 aromatic heterocycles. The second-order valence-corrected chi connectivity index (χ2v) is 4.55. The quantitative estimate of drug-likeness (QED) is 0.502. The van der Waals surface area contributed by atoms with Crippen LogP contribution < -0.4 is 0 Å². The molecule has 1 aliphatic rings. The van der Waals surface area contributed by atoms with Gasteiger partial charge in [0, 0.05) is 10.9 Å². The summed E-state index contributed by atoms with van der Waals surface area (Å²) in [5.41, 5.74) is 1.06. The molecule has 0 aliphatic carbocycles. The molecule has 1 fully saturated rings. The van der Waals surface area contributed by atoms with Crippen molar-refractivity contribution in [3.8, 4) is 0 Å². The van der Waals surface area contributed by atoms with Crippen LogP contribution in [-0.4, -0.2) is 17.0 Å². The molecule has 86 valence electrons. The summed E-state index contributed by atoms with van der Waals surface area (Å²) >= 11 is 11.6. The number of oxime groups is 1. The van der Waals surface area contributed by atoms with Crippen LogP contribution in [0.3, 0.4) is 0 Å². The molecule has 2 unspecified atom stereocenters. The minimum absolute atomic E-state index is 0.00207. The van der Waals surface area contributed by atoms with E-state index >= 15 is 0 Å². The van der Waals surface area contributed by atoms with Gasteiger partial charge in [0.15, 0.2) is 5.17 Å². The molecule has 3 nitrogen and oxygen atoms in total. The summed E-state index contributed by atoms with van der Waals surface area (Å²) in [6.07, 6.45) is 0.725. The Kier molecular flexibility index (Phi) is 3.69. The van der Waals surface area contributed by atoms with Gasteiger partial charge in [-0.2, -0.15) is 0 Å². The Hall–Kier alpha value is -0.770. The standard InChI is InChI=1S/C11H11Cl2NO2/c12-9-3-1-7(2-4-9)10-5-8(6-16-10)11(13)14-15/h1-4,8,10,15H,5-6H2/b14-11-. The number of hydrogen-bond acceptors (Lipinski definition) is 3. The summed E-state index contributed by atoms with van der Waals surface area (Å²) in [6.45, 7) is 0.482. The summed E-state index contributed by atoms with van der Waals surface area (Å²) in [6, 6.07) is 7.52. The first kappa shape index (κ1) is 11.7. The van der Waals surface area contributed by atoms with Crippen LogP contribution in [0.15, 0.2) is 29.4 Å². The summed E-state index contributed by atoms with van der Waals surface area (Å²) in [7, 11) is 0. The van der Waals surface area contributed by atoms with Gasteiger partial charge in [0.05, 0.1) is 12.7 Å². The monoisotopic (exact) mass is 259 g/mol. The van der Waals surface area contributed by atoms with Gasteiger partial charge in [-0.05, 0) is 24.1 Å². The lowest BCUT2D eigenvalue weighted by Crippen LogP contribution is -2.07. The molecule has 1 aromatic rings. The molecule has 1 saturated heterocycles. The van der Waals surface area contributed by atoms with Crippen LogP contribution >= 0.6 is 23.2 Å². The van der Waals surface area contributed by atoms with Crippen molar-refractivity contribution in [3.05, 3.63) is 34.9 Å². The Morgan fingerprint density at radius 1 is 1.38 bits per heavy atom. The van der Waals surface area contributed by atoms with Crippen LogP contribution in [0.1, 0.15) is 18.1 Å². The molecule has 0 saturated carbocycles. The molecule has 0 spiro atoms. The van der Waals surface area contributed by atoms with E-state index in [0.717, 1.165) is 12.0 Å². The van der Waals surface area contributed by atoms with Crippen molar-refractivity contribution in [2.75, 3.05) is 6.61 Å². The average Bonchev–Trinajstić information content (AvgIpc) is 2.78. The maximum absolute atomic E-state index is 8.57. The van der Waals surface area contributed by atoms with E-state index in [1.165, 1.54) is 0 Å². The molecule has 1 aliphatic heterocycles. The van der Waals surface area contributed by atoms with Crippen LogP contribution in [0.4, 0.5) is 0 Å². The first-order chi connectivity index (χ1) is 7.70. The van der Waals surface area contributed by atoms with Gasteiger partial charge in [0.25, 0.3) is 0 Å². The van der Waals surface area contributed by atoms with Crippen LogP contribution in [0.5, 0.6) is 0 Å². The summed E-state index contributed by atoms with van der Waals surface area (Å²) in [5, 5.41) is 12.5. The minimum atomic E-state index is -0.0210. The third kappa shape index (κ3) is 2.48. The highest BCUT2D eigenvalue weighted by Gasteiger charge is 2.29. The highest BCUT2D eigenvalue weighted by molar-refractivity contribution is 6.65. The van der Waals surface area contributed by atoms with Gasteiger partial charge in [-0.25, -0.2) is 0 Å². The molecule has 0 radical (unpaired) electrons. The molecule has 1 heterocycles. The van der Waals surface area contributed by atoms with E-state index in [9.17, 15) is 0 Å². The molecule has 16 heavy (non-hydrogen) atoms. The molecule has 0 bridgehead atoms. The van der Waals surface area contributed by atoms with Crippen LogP contribution in [0.2, 0.25) is 5.02 Å². The predicted molar refractivity (Wildman–Crippen MR) is 63.3 cm³/mol. The second kappa shape index (κ2) is 5.04. The van der Waals surface area contributed by atoms with E-state index < -0.39 is 0 Å². The molecule has 2 atom stereocenters. The van der Waals surface area contributed by atoms with E-state index in [0.29, 0.717) is 11.6 Å². The van der Waals surface area contributed by atoms with Crippen molar-refractivity contribution >= 4 is 28.4 Å². The van der Waals surface area contributed by atoms with Crippen molar-refractivity contribution in [2.24, 2.45) is 11.1 Å². The maximum atomic E-state index is 8.57. The lowest BCUT2D eigenvalue weighted by Gasteiger charge is -2.09. The predicted octanol–water partition coefficient (Wildman–Crippen LogP) is 3.44. The first-order valence-corrected chi connectivity index (χ1v) is 5.71. The highest BCUT2D eigenvalue weighted by Crippen LogP contribution is 2.34. The van der Waals surface area contributed by atoms with E-state index in [2.05, 4.69) is 5.16 Å². The number of benzene rings is 1. The van der Waals surface area contributed by atoms with E-state index in [1.807, 2.05) is 24.3 Å². The fourth-order valence-electron chi connectivity index (χ4n) is 1.78. The van der Waals surface area contributed by atoms with Crippen molar-refractivity contribution < 1.29 is 9.94 Å². The lowest BCUT2D eigenvalue weighted by atomic mass is 10.0. The van der Waals surface area contributed by atoms with Gasteiger partial charge in [-0.15, -0.1) is 0 Å². The van der Waals surface area contributed by atoms with Crippen LogP contribution in [0, 0.1) is 5.92 Å². The number of halogens is 2. The number of ether oxygens (including phenoxy) is 1. The third-order valence-electron chi connectivity index (χ3n) is 2.67. The van der Waals surface area contributed by atoms with Crippen molar-refractivity contribution in [2.45, 2.75) is 12.5 Å². The number of rotatable bonds is 2. The molecule has 1 N–H and O–H groups in total. The Morgan fingerprint density at radius 2 is 2.06 bits per heavy atom. The van der Waals surface area contributed by atoms with Gasteiger partial charge >= 0.3 is 0 Å². The van der Waals surface area contributed by atoms with Gasteiger partial charge in [0.2, 0.25) is 0 Å². The van der Waals surface area contributed by atoms with Gasteiger partial charge < -0.3 is 9.94 Å². The Morgan fingerprint density at radius 3 is 2.69 bits per heavy atom. The fraction of sp³-hybridized carbons (Fsp3) is 0.364. The first-order valence-electron chi connectivity index (χ1n) is 4.95. The number of nitrogens with zero attached hydrogens (tertiary/aromatic N) is 1. The molecule has 1 aromatic carbocycles. The summed E-state index contributed by atoms with van der Waals surface area (Å²) in [4.78, 5) is 0. The molecule has 0 amide bonds. The SMILES string of the molecule is O/N=C(\Cl)C1COC(c2ccc(Cl)cc2)C1. The Labute approximate surface area is 104 Å². The zero-order chi connectivity index (χ0) is 11.5. The zero-order valence-corrected chi connectivity index (χ0v) is 9.95. The van der Waals surface area contributed by atoms with Crippen molar-refractivity contribution in [1.29, 1.82) is 0 Å². The summed E-state index contributed by atoms with van der Waals surface area (Å²) < 4.78 is 5.59.